The fourth-order valence-electron chi connectivity index (χ4n) is 3.28. The van der Waals surface area contributed by atoms with Gasteiger partial charge in [-0.1, -0.05) is 6.92 Å². The third-order valence-corrected chi connectivity index (χ3v) is 5.34. The monoisotopic (exact) mass is 333 g/mol. The first-order chi connectivity index (χ1) is 11.3. The molecule has 3 rings (SSSR count). The van der Waals surface area contributed by atoms with Crippen LogP contribution in [0.5, 0.6) is 0 Å². The smallest absolute Gasteiger partial charge is 0.257 e. The van der Waals surface area contributed by atoms with Crippen LogP contribution in [0.15, 0.2) is 6.20 Å². The Morgan fingerprint density at radius 2 is 2.00 bits per heavy atom. The predicted molar refractivity (Wildman–Crippen MR) is 92.2 cm³/mol. The highest BCUT2D eigenvalue weighted by atomic mass is 16.3. The van der Waals surface area contributed by atoms with Gasteiger partial charge in [-0.25, -0.2) is 9.97 Å². The summed E-state index contributed by atoms with van der Waals surface area (Å²) in [6, 6.07) is 0. The summed E-state index contributed by atoms with van der Waals surface area (Å²) in [5.41, 5.74) is 0.394. The molecule has 2 fully saturated rings. The van der Waals surface area contributed by atoms with Gasteiger partial charge in [0.2, 0.25) is 5.95 Å². The number of aliphatic hydroxyl groups is 1. The van der Waals surface area contributed by atoms with Gasteiger partial charge < -0.3 is 19.8 Å². The van der Waals surface area contributed by atoms with Crippen LogP contribution < -0.4 is 4.90 Å². The SMILES string of the molecule is Cc1nc(N2CCN(C)CC2)ncc1C(=O)N1C[C@H](C)[C@](C)(O)C1. The zero-order valence-electron chi connectivity index (χ0n) is 15.0. The van der Waals surface area contributed by atoms with E-state index >= 15 is 0 Å². The number of likely N-dealkylation sites (tertiary alicyclic amines) is 1. The summed E-state index contributed by atoms with van der Waals surface area (Å²) >= 11 is 0. The van der Waals surface area contributed by atoms with Crippen LogP contribution in [0.2, 0.25) is 0 Å². The number of nitrogens with zero attached hydrogens (tertiary/aromatic N) is 5. The standard InChI is InChI=1S/C17H27N5O2/c1-12-10-22(11-17(12,3)24)15(23)14-9-18-16(19-13(14)2)21-7-5-20(4)6-8-21/h9,12,24H,5-8,10-11H2,1-4H3/t12-,17+/m0/s1. The Hall–Kier alpha value is -1.73. The Morgan fingerprint density at radius 1 is 1.33 bits per heavy atom. The van der Waals surface area contributed by atoms with Crippen molar-refractivity contribution < 1.29 is 9.90 Å². The van der Waals surface area contributed by atoms with Gasteiger partial charge >= 0.3 is 0 Å². The zero-order chi connectivity index (χ0) is 17.5. The molecule has 2 aliphatic heterocycles. The van der Waals surface area contributed by atoms with Crippen LogP contribution in [0.1, 0.15) is 29.9 Å². The van der Waals surface area contributed by atoms with E-state index in [9.17, 15) is 9.90 Å². The van der Waals surface area contributed by atoms with Crippen LogP contribution in [0, 0.1) is 12.8 Å². The molecular formula is C17H27N5O2. The summed E-state index contributed by atoms with van der Waals surface area (Å²) in [4.78, 5) is 27.9. The summed E-state index contributed by atoms with van der Waals surface area (Å²) < 4.78 is 0. The lowest BCUT2D eigenvalue weighted by Gasteiger charge is -2.32. The molecule has 0 radical (unpaired) electrons. The van der Waals surface area contributed by atoms with Crippen molar-refractivity contribution >= 4 is 11.9 Å². The molecule has 0 aliphatic carbocycles. The Labute approximate surface area is 143 Å². The third kappa shape index (κ3) is 3.23. The first kappa shape index (κ1) is 17.1. The second-order valence-electron chi connectivity index (χ2n) is 7.40. The summed E-state index contributed by atoms with van der Waals surface area (Å²) in [7, 11) is 2.11. The van der Waals surface area contributed by atoms with Crippen LogP contribution in [-0.2, 0) is 0 Å². The Morgan fingerprint density at radius 3 is 2.54 bits per heavy atom. The minimum atomic E-state index is -0.829. The van der Waals surface area contributed by atoms with E-state index in [-0.39, 0.29) is 11.8 Å². The molecule has 0 unspecified atom stereocenters. The van der Waals surface area contributed by atoms with Crippen molar-refractivity contribution in [1.29, 1.82) is 0 Å². The average molecular weight is 333 g/mol. The fraction of sp³-hybridized carbons (Fsp3) is 0.706. The Kier molecular flexibility index (Phi) is 4.48. The lowest BCUT2D eigenvalue weighted by Crippen LogP contribution is -2.45. The number of carbonyl (C=O) groups excluding carboxylic acids is 1. The summed E-state index contributed by atoms with van der Waals surface area (Å²) in [6.07, 6.45) is 1.63. The van der Waals surface area contributed by atoms with E-state index in [0.717, 1.165) is 26.2 Å². The predicted octanol–water partition coefficient (Wildman–Crippen LogP) is 0.380. The van der Waals surface area contributed by atoms with Crippen molar-refractivity contribution in [3.63, 3.8) is 0 Å². The van der Waals surface area contributed by atoms with Gasteiger partial charge in [-0.2, -0.15) is 0 Å². The zero-order valence-corrected chi connectivity index (χ0v) is 15.0. The molecular weight excluding hydrogens is 306 g/mol. The number of aromatic nitrogens is 2. The maximum Gasteiger partial charge on any atom is 0.257 e. The van der Waals surface area contributed by atoms with Gasteiger partial charge in [0, 0.05) is 51.4 Å². The van der Waals surface area contributed by atoms with Gasteiger partial charge in [-0.05, 0) is 20.9 Å². The number of aryl methyl sites for hydroxylation is 1. The molecule has 2 saturated heterocycles. The Balaban J connectivity index is 1.74. The molecule has 0 saturated carbocycles. The molecule has 0 aromatic carbocycles. The Bertz CT molecular complexity index is 625. The number of likely N-dealkylation sites (N-methyl/N-ethyl adjacent to an activating group) is 1. The average Bonchev–Trinajstić information content (AvgIpc) is 2.81. The number of carbonyl (C=O) groups is 1. The quantitative estimate of drug-likeness (QED) is 0.844. The van der Waals surface area contributed by atoms with Gasteiger partial charge in [-0.3, -0.25) is 4.79 Å². The number of hydrogen-bond donors (Lipinski definition) is 1. The van der Waals surface area contributed by atoms with Crippen molar-refractivity contribution in [2.75, 3.05) is 51.2 Å². The molecule has 0 spiro atoms. The van der Waals surface area contributed by atoms with Crippen molar-refractivity contribution in [1.82, 2.24) is 19.8 Å². The maximum atomic E-state index is 12.7. The van der Waals surface area contributed by atoms with E-state index in [4.69, 9.17) is 0 Å². The lowest BCUT2D eigenvalue weighted by atomic mass is 9.95. The number of amides is 1. The number of anilines is 1. The summed E-state index contributed by atoms with van der Waals surface area (Å²) in [5.74, 6) is 0.660. The van der Waals surface area contributed by atoms with Gasteiger partial charge in [0.1, 0.15) is 0 Å². The van der Waals surface area contributed by atoms with E-state index in [2.05, 4.69) is 26.8 Å². The molecule has 1 aromatic heterocycles. The van der Waals surface area contributed by atoms with E-state index in [1.54, 1.807) is 18.0 Å². The largest absolute Gasteiger partial charge is 0.388 e. The molecule has 1 amide bonds. The molecule has 7 heteroatoms. The fourth-order valence-corrected chi connectivity index (χ4v) is 3.28. The summed E-state index contributed by atoms with van der Waals surface area (Å²) in [6.45, 7) is 10.3. The molecule has 24 heavy (non-hydrogen) atoms. The van der Waals surface area contributed by atoms with E-state index in [0.29, 0.717) is 30.3 Å². The van der Waals surface area contributed by atoms with Crippen LogP contribution in [0.4, 0.5) is 5.95 Å². The molecule has 132 valence electrons. The number of piperazine rings is 1. The molecule has 7 nitrogen and oxygen atoms in total. The van der Waals surface area contributed by atoms with Crippen LogP contribution in [0.3, 0.4) is 0 Å². The number of rotatable bonds is 2. The highest BCUT2D eigenvalue weighted by Crippen LogP contribution is 2.28. The van der Waals surface area contributed by atoms with Crippen LogP contribution in [-0.4, -0.2) is 82.7 Å². The third-order valence-electron chi connectivity index (χ3n) is 5.34. The van der Waals surface area contributed by atoms with E-state index in [1.807, 2.05) is 13.8 Å². The second kappa shape index (κ2) is 6.29. The van der Waals surface area contributed by atoms with Crippen LogP contribution in [0.25, 0.3) is 0 Å². The minimum absolute atomic E-state index is 0.0623. The van der Waals surface area contributed by atoms with E-state index in [1.165, 1.54) is 0 Å². The molecule has 1 N–H and O–H groups in total. The molecule has 2 atom stereocenters. The normalized spacial score (nSPS) is 28.5. The second-order valence-corrected chi connectivity index (χ2v) is 7.40. The van der Waals surface area contributed by atoms with Gasteiger partial charge in [-0.15, -0.1) is 0 Å². The topological polar surface area (TPSA) is 72.8 Å². The maximum absolute atomic E-state index is 12.7. The van der Waals surface area contributed by atoms with Gasteiger partial charge in [0.25, 0.3) is 5.91 Å². The molecule has 0 bridgehead atoms. The van der Waals surface area contributed by atoms with Gasteiger partial charge in [0.05, 0.1) is 16.9 Å². The molecule has 3 heterocycles. The highest BCUT2D eigenvalue weighted by Gasteiger charge is 2.41. The number of hydrogen-bond acceptors (Lipinski definition) is 6. The molecule has 2 aliphatic rings. The summed E-state index contributed by atoms with van der Waals surface area (Å²) in [5, 5.41) is 10.3. The van der Waals surface area contributed by atoms with Crippen molar-refractivity contribution in [3.05, 3.63) is 17.5 Å². The number of β-amino-alcohol motifs (C(OH)–C–C–N with tert-alkyl or cyclic N) is 1. The minimum Gasteiger partial charge on any atom is -0.388 e. The highest BCUT2D eigenvalue weighted by molar-refractivity contribution is 5.95. The van der Waals surface area contributed by atoms with Crippen molar-refractivity contribution in [2.24, 2.45) is 5.92 Å². The van der Waals surface area contributed by atoms with Crippen molar-refractivity contribution in [3.8, 4) is 0 Å². The van der Waals surface area contributed by atoms with E-state index < -0.39 is 5.60 Å². The first-order valence-corrected chi connectivity index (χ1v) is 8.57. The van der Waals surface area contributed by atoms with Crippen molar-refractivity contribution in [2.45, 2.75) is 26.4 Å². The van der Waals surface area contributed by atoms with Crippen LogP contribution >= 0.6 is 0 Å². The first-order valence-electron chi connectivity index (χ1n) is 8.57. The molecule has 1 aromatic rings. The lowest BCUT2D eigenvalue weighted by molar-refractivity contribution is 0.0351. The van der Waals surface area contributed by atoms with Gasteiger partial charge in [0.15, 0.2) is 0 Å².